The third-order valence-corrected chi connectivity index (χ3v) is 4.15. The van der Waals surface area contributed by atoms with E-state index >= 15 is 0 Å². The molecule has 3 heteroatoms. The second-order valence-corrected chi connectivity index (χ2v) is 5.43. The van der Waals surface area contributed by atoms with Crippen molar-refractivity contribution in [3.63, 3.8) is 0 Å². The minimum absolute atomic E-state index is 0.270. The van der Waals surface area contributed by atoms with Gasteiger partial charge < -0.3 is 3.83 Å². The van der Waals surface area contributed by atoms with Crippen molar-refractivity contribution in [3.05, 3.63) is 71.8 Å². The highest BCUT2D eigenvalue weighted by atomic mass is 79.9. The molecule has 0 bridgehead atoms. The zero-order valence-electron chi connectivity index (χ0n) is 12.1. The van der Waals surface area contributed by atoms with Crippen LogP contribution in [0.25, 0.3) is 0 Å². The molecule has 0 amide bonds. The van der Waals surface area contributed by atoms with Gasteiger partial charge in [-0.2, -0.15) is 0 Å². The summed E-state index contributed by atoms with van der Waals surface area (Å²) in [5, 5.41) is 0. The third-order valence-electron chi connectivity index (χ3n) is 3.86. The fourth-order valence-electron chi connectivity index (χ4n) is 2.75. The van der Waals surface area contributed by atoms with Crippen molar-refractivity contribution in [2.24, 2.45) is 0 Å². The van der Waals surface area contributed by atoms with Gasteiger partial charge in [-0.3, -0.25) is 0 Å². The Bertz CT molecular complexity index is 527. The zero-order chi connectivity index (χ0) is 15.1. The Balaban J connectivity index is 2.62. The first-order valence-electron chi connectivity index (χ1n) is 7.19. The minimum Gasteiger partial charge on any atom is -0.383 e. The summed E-state index contributed by atoms with van der Waals surface area (Å²) in [4.78, 5) is 12.7. The Hall–Kier alpha value is -1.61. The van der Waals surface area contributed by atoms with E-state index in [0.29, 0.717) is 0 Å². The Labute approximate surface area is 134 Å². The van der Waals surface area contributed by atoms with Crippen LogP contribution in [0.1, 0.15) is 37.3 Å². The number of rotatable bonds is 6. The van der Waals surface area contributed by atoms with E-state index in [1.807, 2.05) is 60.7 Å². The van der Waals surface area contributed by atoms with Crippen molar-refractivity contribution < 1.29 is 8.62 Å². The van der Waals surface area contributed by atoms with E-state index in [4.69, 9.17) is 3.83 Å². The Morgan fingerprint density at radius 3 is 1.86 bits per heavy atom. The molecule has 0 unspecified atom stereocenters. The van der Waals surface area contributed by atoms with Crippen LogP contribution in [0, 0.1) is 0 Å². The van der Waals surface area contributed by atoms with Gasteiger partial charge in [-0.15, -0.1) is 0 Å². The number of carbonyl (C=O) groups excluding carboxylic acids is 1. The molecule has 2 nitrogen and oxygen atoms in total. The lowest BCUT2D eigenvalue weighted by atomic mass is 9.71. The van der Waals surface area contributed by atoms with Crippen LogP contribution in [0.15, 0.2) is 60.7 Å². The zero-order valence-corrected chi connectivity index (χ0v) is 13.7. The maximum atomic E-state index is 12.7. The molecule has 0 fully saturated rings. The van der Waals surface area contributed by atoms with Gasteiger partial charge in [0.05, 0.1) is 0 Å². The molecular formula is C18H19BrO2. The minimum atomic E-state index is -0.762. The quantitative estimate of drug-likeness (QED) is 0.734. The van der Waals surface area contributed by atoms with Gasteiger partial charge in [0, 0.05) is 0 Å². The summed E-state index contributed by atoms with van der Waals surface area (Å²) >= 11 is 2.89. The van der Waals surface area contributed by atoms with Crippen LogP contribution >= 0.6 is 16.3 Å². The molecule has 110 valence electrons. The molecule has 21 heavy (non-hydrogen) atoms. The van der Waals surface area contributed by atoms with Gasteiger partial charge >= 0.3 is 5.97 Å². The molecule has 0 aliphatic carbocycles. The number of unbranched alkanes of at least 4 members (excludes halogenated alkanes) is 1. The molecule has 0 radical (unpaired) electrons. The standard InChI is InChI=1S/C18H19BrO2/c1-2-3-14-18(17(20)21-19,15-10-6-4-7-11-15)16-12-8-5-9-13-16/h4-13H,2-3,14H2,1H3. The Kier molecular flexibility index (Phi) is 5.57. The largest absolute Gasteiger partial charge is 0.383 e. The molecule has 2 rings (SSSR count). The molecule has 2 aromatic rings. The lowest BCUT2D eigenvalue weighted by Gasteiger charge is -2.31. The molecule has 0 saturated heterocycles. The monoisotopic (exact) mass is 346 g/mol. The Morgan fingerprint density at radius 1 is 1.00 bits per heavy atom. The highest BCUT2D eigenvalue weighted by Gasteiger charge is 2.42. The first-order valence-corrected chi connectivity index (χ1v) is 7.84. The van der Waals surface area contributed by atoms with Gasteiger partial charge in [0.1, 0.15) is 5.41 Å². The average molecular weight is 347 g/mol. The van der Waals surface area contributed by atoms with Crippen molar-refractivity contribution in [1.29, 1.82) is 0 Å². The normalized spacial score (nSPS) is 11.1. The number of hydrogen-bond donors (Lipinski definition) is 0. The van der Waals surface area contributed by atoms with Crippen molar-refractivity contribution in [2.45, 2.75) is 31.6 Å². The van der Waals surface area contributed by atoms with Crippen LogP contribution in [0.4, 0.5) is 0 Å². The molecular weight excluding hydrogens is 328 g/mol. The second kappa shape index (κ2) is 7.41. The lowest BCUT2D eigenvalue weighted by molar-refractivity contribution is -0.137. The van der Waals surface area contributed by atoms with Crippen LogP contribution in [0.5, 0.6) is 0 Å². The molecule has 0 atom stereocenters. The molecule has 0 saturated carbocycles. The van der Waals surface area contributed by atoms with Gasteiger partial charge in [-0.05, 0) is 17.5 Å². The van der Waals surface area contributed by atoms with Crippen LogP contribution in [-0.4, -0.2) is 5.97 Å². The van der Waals surface area contributed by atoms with Gasteiger partial charge in [-0.1, -0.05) is 80.4 Å². The predicted octanol–water partition coefficient (Wildman–Crippen LogP) is 5.02. The molecule has 0 aliphatic rings. The van der Waals surface area contributed by atoms with E-state index in [-0.39, 0.29) is 5.97 Å². The van der Waals surface area contributed by atoms with E-state index in [1.54, 1.807) is 0 Å². The Morgan fingerprint density at radius 2 is 1.48 bits per heavy atom. The molecule has 0 aliphatic heterocycles. The highest BCUT2D eigenvalue weighted by Crippen LogP contribution is 2.39. The van der Waals surface area contributed by atoms with Crippen molar-refractivity contribution in [3.8, 4) is 0 Å². The van der Waals surface area contributed by atoms with E-state index in [2.05, 4.69) is 23.2 Å². The smallest absolute Gasteiger partial charge is 0.332 e. The maximum Gasteiger partial charge on any atom is 0.332 e. The summed E-state index contributed by atoms with van der Waals surface area (Å²) in [6.07, 6.45) is 2.70. The third kappa shape index (κ3) is 3.18. The van der Waals surface area contributed by atoms with Crippen LogP contribution < -0.4 is 0 Å². The number of benzene rings is 2. The second-order valence-electron chi connectivity index (χ2n) is 5.11. The van der Waals surface area contributed by atoms with Crippen LogP contribution in [0.2, 0.25) is 0 Å². The van der Waals surface area contributed by atoms with E-state index in [1.165, 1.54) is 0 Å². The molecule has 0 aromatic heterocycles. The topological polar surface area (TPSA) is 26.3 Å². The molecule has 0 heterocycles. The number of halogens is 1. The number of hydrogen-bond acceptors (Lipinski definition) is 2. The fraction of sp³-hybridized carbons (Fsp3) is 0.278. The van der Waals surface area contributed by atoms with E-state index in [0.717, 1.165) is 30.4 Å². The summed E-state index contributed by atoms with van der Waals surface area (Å²) in [7, 11) is 0. The van der Waals surface area contributed by atoms with Gasteiger partial charge in [0.25, 0.3) is 0 Å². The summed E-state index contributed by atoms with van der Waals surface area (Å²) < 4.78 is 5.00. The van der Waals surface area contributed by atoms with E-state index in [9.17, 15) is 4.79 Å². The van der Waals surface area contributed by atoms with Crippen LogP contribution in [0.3, 0.4) is 0 Å². The van der Waals surface area contributed by atoms with Crippen molar-refractivity contribution >= 4 is 22.2 Å². The first-order chi connectivity index (χ1) is 10.3. The summed E-state index contributed by atoms with van der Waals surface area (Å²) in [5.74, 6) is -0.270. The summed E-state index contributed by atoms with van der Waals surface area (Å²) in [5.41, 5.74) is 1.17. The van der Waals surface area contributed by atoms with Gasteiger partial charge in [-0.25, -0.2) is 4.79 Å². The van der Waals surface area contributed by atoms with Crippen molar-refractivity contribution in [1.82, 2.24) is 0 Å². The summed E-state index contributed by atoms with van der Waals surface area (Å²) in [6.45, 7) is 2.13. The first kappa shape index (κ1) is 15.8. The average Bonchev–Trinajstić information content (AvgIpc) is 2.57. The molecule has 2 aromatic carbocycles. The molecule has 0 N–H and O–H groups in total. The lowest BCUT2D eigenvalue weighted by Crippen LogP contribution is -2.37. The van der Waals surface area contributed by atoms with Gasteiger partial charge in [0.2, 0.25) is 0 Å². The predicted molar refractivity (Wildman–Crippen MR) is 88.2 cm³/mol. The van der Waals surface area contributed by atoms with Crippen LogP contribution in [-0.2, 0) is 14.0 Å². The molecule has 0 spiro atoms. The van der Waals surface area contributed by atoms with Crippen molar-refractivity contribution in [2.75, 3.05) is 0 Å². The maximum absolute atomic E-state index is 12.7. The number of carbonyl (C=O) groups is 1. The van der Waals surface area contributed by atoms with E-state index < -0.39 is 5.41 Å². The van der Waals surface area contributed by atoms with Gasteiger partial charge in [0.15, 0.2) is 16.3 Å². The highest BCUT2D eigenvalue weighted by molar-refractivity contribution is 9.06. The fourth-order valence-corrected chi connectivity index (χ4v) is 3.02. The summed E-state index contributed by atoms with van der Waals surface area (Å²) in [6, 6.07) is 19.7. The SMILES string of the molecule is CCCCC(C(=O)OBr)(c1ccccc1)c1ccccc1.